The molecule has 1 aliphatic heterocycles. The van der Waals surface area contributed by atoms with Crippen molar-refractivity contribution >= 4 is 51.9 Å². The molecule has 0 saturated carbocycles. The fourth-order valence-electron chi connectivity index (χ4n) is 1.96. The summed E-state index contributed by atoms with van der Waals surface area (Å²) in [6.45, 7) is 0. The summed E-state index contributed by atoms with van der Waals surface area (Å²) >= 11 is 6.35. The predicted molar refractivity (Wildman–Crippen MR) is 85.1 cm³/mol. The molecule has 2 heterocycles. The van der Waals surface area contributed by atoms with Gasteiger partial charge in [-0.05, 0) is 29.8 Å². The second-order valence-electron chi connectivity index (χ2n) is 4.37. The highest BCUT2D eigenvalue weighted by atomic mass is 32.2. The second kappa shape index (κ2) is 5.78. The maximum Gasteiger partial charge on any atom is 0.270 e. The zero-order chi connectivity index (χ0) is 15.7. The first kappa shape index (κ1) is 14.6. The number of thioether (sulfide) groups is 1. The first-order valence-electron chi connectivity index (χ1n) is 6.19. The molecule has 1 aromatic carbocycles. The van der Waals surface area contributed by atoms with Gasteiger partial charge in [0, 0.05) is 6.08 Å². The summed E-state index contributed by atoms with van der Waals surface area (Å²) in [4.78, 5) is 25.1. The molecule has 1 aliphatic rings. The van der Waals surface area contributed by atoms with E-state index in [0.29, 0.717) is 20.7 Å². The van der Waals surface area contributed by atoms with E-state index in [9.17, 15) is 14.7 Å². The Bertz CT molecular complexity index is 796. The number of nitrogens with zero attached hydrogens (tertiary/aromatic N) is 1. The van der Waals surface area contributed by atoms with Gasteiger partial charge in [0.05, 0.1) is 22.8 Å². The van der Waals surface area contributed by atoms with Gasteiger partial charge in [0.15, 0.2) is 4.32 Å². The van der Waals surface area contributed by atoms with E-state index in [1.807, 2.05) is 0 Å². The molecule has 1 amide bonds. The van der Waals surface area contributed by atoms with Gasteiger partial charge in [0.1, 0.15) is 5.76 Å². The number of carboxylic acids is 1. The Morgan fingerprint density at radius 1 is 1.32 bits per heavy atom. The lowest BCUT2D eigenvalue weighted by Crippen LogP contribution is -2.28. The summed E-state index contributed by atoms with van der Waals surface area (Å²) in [7, 11) is 0. The lowest BCUT2D eigenvalue weighted by Gasteiger charge is -2.15. The third kappa shape index (κ3) is 2.68. The summed E-state index contributed by atoms with van der Waals surface area (Å²) in [6, 6.07) is 9.35. The zero-order valence-corrected chi connectivity index (χ0v) is 12.6. The van der Waals surface area contributed by atoms with Crippen molar-refractivity contribution in [3.63, 3.8) is 0 Å². The molecule has 5 nitrogen and oxygen atoms in total. The van der Waals surface area contributed by atoms with Crippen LogP contribution in [-0.4, -0.2) is 16.2 Å². The quantitative estimate of drug-likeness (QED) is 0.633. The van der Waals surface area contributed by atoms with Crippen molar-refractivity contribution in [3.8, 4) is 0 Å². The second-order valence-corrected chi connectivity index (χ2v) is 6.05. The van der Waals surface area contributed by atoms with Crippen LogP contribution in [0.4, 0.5) is 5.69 Å². The highest BCUT2D eigenvalue weighted by molar-refractivity contribution is 8.27. The standard InChI is InChI=1S/C15H9NO4S2/c17-13-12(8-11-5-2-6-20-11)22-15(21)16(13)10-4-1-3-9(7-10)14(18)19/h1-8H,(H,18,19)/p-1. The molecule has 1 aromatic heterocycles. The Hall–Kier alpha value is -2.38. The number of benzene rings is 1. The highest BCUT2D eigenvalue weighted by Gasteiger charge is 2.33. The average Bonchev–Trinajstić information content (AvgIpc) is 3.08. The van der Waals surface area contributed by atoms with Crippen LogP contribution >= 0.6 is 24.0 Å². The van der Waals surface area contributed by atoms with Crippen LogP contribution < -0.4 is 10.0 Å². The minimum Gasteiger partial charge on any atom is -0.545 e. The molecule has 0 atom stereocenters. The largest absolute Gasteiger partial charge is 0.545 e. The Labute approximate surface area is 135 Å². The first-order chi connectivity index (χ1) is 10.6. The molecule has 1 fully saturated rings. The summed E-state index contributed by atoms with van der Waals surface area (Å²) in [5.74, 6) is -1.08. The van der Waals surface area contributed by atoms with E-state index in [4.69, 9.17) is 16.6 Å². The molecule has 7 heteroatoms. The molecule has 0 spiro atoms. The summed E-state index contributed by atoms with van der Waals surface area (Å²) in [5, 5.41) is 10.9. The van der Waals surface area contributed by atoms with Crippen LogP contribution in [-0.2, 0) is 4.79 Å². The summed E-state index contributed by atoms with van der Waals surface area (Å²) in [6.07, 6.45) is 3.11. The molecule has 0 N–H and O–H groups in total. The molecular weight excluding hydrogens is 322 g/mol. The minimum atomic E-state index is -1.31. The average molecular weight is 330 g/mol. The molecule has 0 bridgehead atoms. The molecule has 0 radical (unpaired) electrons. The van der Waals surface area contributed by atoms with Crippen LogP contribution in [0.15, 0.2) is 52.0 Å². The number of hydrogen-bond donors (Lipinski definition) is 0. The summed E-state index contributed by atoms with van der Waals surface area (Å²) < 4.78 is 5.51. The third-order valence-corrected chi connectivity index (χ3v) is 4.25. The SMILES string of the molecule is O=C([O-])c1cccc(N2C(=O)C(=Cc3ccco3)SC2=S)c1. The maximum atomic E-state index is 12.5. The van der Waals surface area contributed by atoms with Gasteiger partial charge in [-0.1, -0.05) is 36.1 Å². The lowest BCUT2D eigenvalue weighted by atomic mass is 10.2. The van der Waals surface area contributed by atoms with Gasteiger partial charge in [-0.25, -0.2) is 0 Å². The van der Waals surface area contributed by atoms with Crippen LogP contribution in [0.2, 0.25) is 0 Å². The van der Waals surface area contributed by atoms with Crippen LogP contribution in [0.25, 0.3) is 6.08 Å². The van der Waals surface area contributed by atoms with Gasteiger partial charge >= 0.3 is 0 Å². The van der Waals surface area contributed by atoms with Crippen LogP contribution in [0.3, 0.4) is 0 Å². The minimum absolute atomic E-state index is 0.0124. The van der Waals surface area contributed by atoms with E-state index in [0.717, 1.165) is 11.8 Å². The number of amides is 1. The predicted octanol–water partition coefficient (Wildman–Crippen LogP) is 2.05. The zero-order valence-electron chi connectivity index (χ0n) is 11.0. The number of hydrogen-bond acceptors (Lipinski definition) is 6. The molecular formula is C15H8NO4S2-. The smallest absolute Gasteiger partial charge is 0.270 e. The number of furan rings is 1. The van der Waals surface area contributed by atoms with Gasteiger partial charge in [-0.15, -0.1) is 0 Å². The monoisotopic (exact) mass is 330 g/mol. The van der Waals surface area contributed by atoms with Crippen molar-refractivity contribution in [1.82, 2.24) is 0 Å². The Kier molecular flexibility index (Phi) is 3.82. The maximum absolute atomic E-state index is 12.5. The third-order valence-electron chi connectivity index (χ3n) is 2.95. The molecule has 0 unspecified atom stereocenters. The van der Waals surface area contributed by atoms with E-state index < -0.39 is 5.97 Å². The summed E-state index contributed by atoms with van der Waals surface area (Å²) in [5.41, 5.74) is 0.383. The Morgan fingerprint density at radius 2 is 2.14 bits per heavy atom. The fourth-order valence-corrected chi connectivity index (χ4v) is 3.24. The molecule has 0 aliphatic carbocycles. The number of anilines is 1. The topological polar surface area (TPSA) is 73.6 Å². The molecule has 22 heavy (non-hydrogen) atoms. The molecule has 3 rings (SSSR count). The van der Waals surface area contributed by atoms with E-state index in [-0.39, 0.29) is 11.5 Å². The van der Waals surface area contributed by atoms with Crippen molar-refractivity contribution in [2.45, 2.75) is 0 Å². The first-order valence-corrected chi connectivity index (χ1v) is 7.41. The van der Waals surface area contributed by atoms with Crippen molar-refractivity contribution in [2.75, 3.05) is 4.90 Å². The van der Waals surface area contributed by atoms with Crippen molar-refractivity contribution in [2.24, 2.45) is 0 Å². The van der Waals surface area contributed by atoms with Crippen LogP contribution in [0.1, 0.15) is 16.1 Å². The van der Waals surface area contributed by atoms with E-state index in [1.54, 1.807) is 24.3 Å². The van der Waals surface area contributed by atoms with Gasteiger partial charge in [0.25, 0.3) is 5.91 Å². The number of carboxylic acid groups (broad SMARTS) is 1. The van der Waals surface area contributed by atoms with Gasteiger partial charge < -0.3 is 14.3 Å². The van der Waals surface area contributed by atoms with Gasteiger partial charge in [0.2, 0.25) is 0 Å². The Morgan fingerprint density at radius 3 is 2.82 bits per heavy atom. The molecule has 1 saturated heterocycles. The fraction of sp³-hybridized carbons (Fsp3) is 0. The molecule has 2 aromatic rings. The number of rotatable bonds is 3. The number of carbonyl (C=O) groups is 2. The van der Waals surface area contributed by atoms with E-state index >= 15 is 0 Å². The number of aromatic carboxylic acids is 1. The van der Waals surface area contributed by atoms with E-state index in [2.05, 4.69) is 0 Å². The van der Waals surface area contributed by atoms with Gasteiger partial charge in [-0.2, -0.15) is 0 Å². The van der Waals surface area contributed by atoms with Crippen LogP contribution in [0.5, 0.6) is 0 Å². The van der Waals surface area contributed by atoms with Crippen molar-refractivity contribution in [1.29, 1.82) is 0 Å². The van der Waals surface area contributed by atoms with Crippen LogP contribution in [0, 0.1) is 0 Å². The van der Waals surface area contributed by atoms with Crippen molar-refractivity contribution in [3.05, 3.63) is 58.9 Å². The van der Waals surface area contributed by atoms with Gasteiger partial charge in [-0.3, -0.25) is 9.69 Å². The lowest BCUT2D eigenvalue weighted by molar-refractivity contribution is -0.255. The molecule has 110 valence electrons. The van der Waals surface area contributed by atoms with Crippen molar-refractivity contribution < 1.29 is 19.1 Å². The van der Waals surface area contributed by atoms with E-state index in [1.165, 1.54) is 29.4 Å². The normalized spacial score (nSPS) is 16.5. The highest BCUT2D eigenvalue weighted by Crippen LogP contribution is 2.36. The Balaban J connectivity index is 1.95. The number of carbonyl (C=O) groups excluding carboxylic acids is 2. The number of thiocarbonyl (C=S) groups is 1.